The van der Waals surface area contributed by atoms with Crippen LogP contribution in [0, 0.1) is 13.8 Å². The Morgan fingerprint density at radius 3 is 2.46 bits per heavy atom. The maximum atomic E-state index is 12.3. The van der Waals surface area contributed by atoms with Crippen LogP contribution in [-0.2, 0) is 14.6 Å². The Labute approximate surface area is 161 Å². The third kappa shape index (κ3) is 4.39. The summed E-state index contributed by atoms with van der Waals surface area (Å²) in [4.78, 5) is 12.2. The van der Waals surface area contributed by atoms with Crippen LogP contribution in [0.25, 0.3) is 11.5 Å². The van der Waals surface area contributed by atoms with Gasteiger partial charge < -0.3 is 13.6 Å². The van der Waals surface area contributed by atoms with Crippen LogP contribution in [0.2, 0.25) is 0 Å². The van der Waals surface area contributed by atoms with Crippen molar-refractivity contribution in [2.45, 2.75) is 25.2 Å². The second-order valence-corrected chi connectivity index (χ2v) is 8.14. The Bertz CT molecular complexity index is 1080. The summed E-state index contributed by atoms with van der Waals surface area (Å²) in [5.41, 5.74) is 0.632. The molecule has 2 heterocycles. The molecule has 28 heavy (non-hydrogen) atoms. The lowest BCUT2D eigenvalue weighted by Crippen LogP contribution is -2.17. The van der Waals surface area contributed by atoms with Gasteiger partial charge in [0.25, 0.3) is 5.89 Å². The number of nitrogens with zero attached hydrogens (tertiary/aromatic N) is 2. The van der Waals surface area contributed by atoms with E-state index in [1.54, 1.807) is 32.0 Å². The molecule has 0 atom stereocenters. The lowest BCUT2D eigenvalue weighted by atomic mass is 10.2. The fourth-order valence-corrected chi connectivity index (χ4v) is 3.78. The number of furan rings is 1. The standard InChI is InChI=1S/C18H19N3O6S/c1-11-10-15(12(2)26-11)17-20-21-18(27-17)19-16(22)8-9-28(23,24)14-6-4-13(25-3)5-7-14/h4-7,10H,8-9H2,1-3H3,(H,19,21,22). The van der Waals surface area contributed by atoms with Gasteiger partial charge >= 0.3 is 6.01 Å². The van der Waals surface area contributed by atoms with E-state index < -0.39 is 15.7 Å². The van der Waals surface area contributed by atoms with Crippen molar-refractivity contribution in [1.29, 1.82) is 0 Å². The number of aryl methyl sites for hydroxylation is 2. The minimum absolute atomic E-state index is 0.111. The van der Waals surface area contributed by atoms with Crippen LogP contribution >= 0.6 is 0 Å². The van der Waals surface area contributed by atoms with Crippen LogP contribution in [0.1, 0.15) is 17.9 Å². The number of ether oxygens (including phenoxy) is 1. The van der Waals surface area contributed by atoms with Crippen molar-refractivity contribution in [1.82, 2.24) is 10.2 Å². The van der Waals surface area contributed by atoms with E-state index in [4.69, 9.17) is 13.6 Å². The van der Waals surface area contributed by atoms with Gasteiger partial charge in [0.05, 0.1) is 23.3 Å². The summed E-state index contributed by atoms with van der Waals surface area (Å²) >= 11 is 0. The molecule has 10 heteroatoms. The maximum Gasteiger partial charge on any atom is 0.322 e. The lowest BCUT2D eigenvalue weighted by molar-refractivity contribution is -0.115. The summed E-state index contributed by atoms with van der Waals surface area (Å²) in [6.45, 7) is 3.55. The van der Waals surface area contributed by atoms with Crippen molar-refractivity contribution in [3.63, 3.8) is 0 Å². The average Bonchev–Trinajstić information content (AvgIpc) is 3.25. The zero-order valence-electron chi connectivity index (χ0n) is 15.6. The van der Waals surface area contributed by atoms with E-state index in [1.165, 1.54) is 19.2 Å². The molecule has 2 aromatic heterocycles. The summed E-state index contributed by atoms with van der Waals surface area (Å²) < 4.78 is 40.5. The van der Waals surface area contributed by atoms with Gasteiger partial charge in [-0.2, -0.15) is 0 Å². The van der Waals surface area contributed by atoms with Gasteiger partial charge in [-0.05, 0) is 44.2 Å². The highest BCUT2D eigenvalue weighted by Gasteiger charge is 2.19. The van der Waals surface area contributed by atoms with E-state index in [0.717, 1.165) is 0 Å². The molecule has 1 aromatic carbocycles. The summed E-state index contributed by atoms with van der Waals surface area (Å²) in [6.07, 6.45) is -0.254. The SMILES string of the molecule is COc1ccc(S(=O)(=O)CCC(=O)Nc2nnc(-c3cc(C)oc3C)o2)cc1. The fraction of sp³-hybridized carbons (Fsp3) is 0.278. The molecule has 0 aliphatic heterocycles. The van der Waals surface area contributed by atoms with Crippen molar-refractivity contribution in [2.24, 2.45) is 0 Å². The first-order valence-corrected chi connectivity index (χ1v) is 10.0. The van der Waals surface area contributed by atoms with Gasteiger partial charge in [0.1, 0.15) is 17.3 Å². The van der Waals surface area contributed by atoms with Gasteiger partial charge in [-0.1, -0.05) is 5.10 Å². The molecule has 9 nitrogen and oxygen atoms in total. The normalized spacial score (nSPS) is 11.4. The Morgan fingerprint density at radius 2 is 1.86 bits per heavy atom. The molecular formula is C18H19N3O6S. The van der Waals surface area contributed by atoms with Crippen molar-refractivity contribution >= 4 is 21.8 Å². The van der Waals surface area contributed by atoms with Gasteiger partial charge in [0, 0.05) is 6.42 Å². The first-order valence-electron chi connectivity index (χ1n) is 8.36. The minimum Gasteiger partial charge on any atom is -0.497 e. The van der Waals surface area contributed by atoms with E-state index >= 15 is 0 Å². The van der Waals surface area contributed by atoms with Crippen molar-refractivity contribution < 1.29 is 26.8 Å². The molecule has 0 spiro atoms. The van der Waals surface area contributed by atoms with Gasteiger partial charge in [-0.15, -0.1) is 5.10 Å². The first-order chi connectivity index (χ1) is 13.3. The lowest BCUT2D eigenvalue weighted by Gasteiger charge is -2.05. The molecule has 0 aliphatic rings. The monoisotopic (exact) mass is 405 g/mol. The molecule has 0 bridgehead atoms. The fourth-order valence-electron chi connectivity index (χ4n) is 2.54. The Morgan fingerprint density at radius 1 is 1.14 bits per heavy atom. The molecule has 0 radical (unpaired) electrons. The number of hydrogen-bond donors (Lipinski definition) is 1. The van der Waals surface area contributed by atoms with Gasteiger partial charge in [0.15, 0.2) is 9.84 Å². The Kier molecular flexibility index (Phi) is 5.50. The number of nitrogens with one attached hydrogen (secondary N) is 1. The number of aromatic nitrogens is 2. The number of sulfone groups is 1. The van der Waals surface area contributed by atoms with Crippen molar-refractivity contribution in [3.05, 3.63) is 41.9 Å². The molecule has 0 aliphatic carbocycles. The molecule has 0 saturated carbocycles. The van der Waals surface area contributed by atoms with Crippen LogP contribution in [0.4, 0.5) is 6.01 Å². The molecule has 0 unspecified atom stereocenters. The third-order valence-electron chi connectivity index (χ3n) is 3.96. The predicted octanol–water partition coefficient (Wildman–Crippen LogP) is 2.76. The molecule has 1 N–H and O–H groups in total. The Balaban J connectivity index is 1.60. The smallest absolute Gasteiger partial charge is 0.322 e. The van der Waals surface area contributed by atoms with E-state index in [-0.39, 0.29) is 29.0 Å². The number of methoxy groups -OCH3 is 1. The number of anilines is 1. The largest absolute Gasteiger partial charge is 0.497 e. The second kappa shape index (κ2) is 7.85. The van der Waals surface area contributed by atoms with Crippen LogP contribution in [0.3, 0.4) is 0 Å². The predicted molar refractivity (Wildman–Crippen MR) is 99.8 cm³/mol. The highest BCUT2D eigenvalue weighted by atomic mass is 32.2. The topological polar surface area (TPSA) is 125 Å². The number of benzene rings is 1. The maximum absolute atomic E-state index is 12.3. The molecule has 0 saturated heterocycles. The van der Waals surface area contributed by atoms with E-state index in [9.17, 15) is 13.2 Å². The highest BCUT2D eigenvalue weighted by molar-refractivity contribution is 7.91. The van der Waals surface area contributed by atoms with Crippen molar-refractivity contribution in [2.75, 3.05) is 18.2 Å². The molecule has 0 fully saturated rings. The summed E-state index contributed by atoms with van der Waals surface area (Å²) in [5, 5.41) is 10.0. The van der Waals surface area contributed by atoms with Gasteiger partial charge in [-0.25, -0.2) is 8.42 Å². The second-order valence-electron chi connectivity index (χ2n) is 6.03. The molecule has 148 valence electrons. The average molecular weight is 405 g/mol. The zero-order valence-corrected chi connectivity index (χ0v) is 16.4. The number of amides is 1. The highest BCUT2D eigenvalue weighted by Crippen LogP contribution is 2.26. The van der Waals surface area contributed by atoms with Crippen LogP contribution in [0.5, 0.6) is 5.75 Å². The molecule has 3 aromatic rings. The number of carbonyl (C=O) groups is 1. The minimum atomic E-state index is -3.61. The van der Waals surface area contributed by atoms with Gasteiger partial charge in [-0.3, -0.25) is 10.1 Å². The number of hydrogen-bond acceptors (Lipinski definition) is 8. The van der Waals surface area contributed by atoms with Gasteiger partial charge in [0.2, 0.25) is 5.91 Å². The number of rotatable bonds is 7. The van der Waals surface area contributed by atoms with E-state index in [1.807, 2.05) is 0 Å². The third-order valence-corrected chi connectivity index (χ3v) is 5.69. The number of carbonyl (C=O) groups excluding carboxylic acids is 1. The van der Waals surface area contributed by atoms with Crippen molar-refractivity contribution in [3.8, 4) is 17.2 Å². The Hall–Kier alpha value is -3.14. The van der Waals surface area contributed by atoms with Crippen LogP contribution < -0.4 is 10.1 Å². The molecule has 3 rings (SSSR count). The summed E-state index contributed by atoms with van der Waals surface area (Å²) in [7, 11) is -2.12. The molecular weight excluding hydrogens is 386 g/mol. The van der Waals surface area contributed by atoms with Crippen LogP contribution in [0.15, 0.2) is 44.1 Å². The zero-order chi connectivity index (χ0) is 20.3. The summed E-state index contributed by atoms with van der Waals surface area (Å²) in [6, 6.07) is 7.60. The summed E-state index contributed by atoms with van der Waals surface area (Å²) in [5.74, 6) is 1.16. The quantitative estimate of drug-likeness (QED) is 0.636. The van der Waals surface area contributed by atoms with Crippen LogP contribution in [-0.4, -0.2) is 37.4 Å². The van der Waals surface area contributed by atoms with E-state index in [2.05, 4.69) is 15.5 Å². The molecule has 1 amide bonds. The van der Waals surface area contributed by atoms with E-state index in [0.29, 0.717) is 22.8 Å². The first kappa shape index (κ1) is 19.6.